The number of rotatable bonds is 3. The molecule has 2 aliphatic rings. The Labute approximate surface area is 120 Å². The second kappa shape index (κ2) is 5.99. The van der Waals surface area contributed by atoms with E-state index in [0.29, 0.717) is 19.0 Å². The van der Waals surface area contributed by atoms with E-state index in [0.717, 1.165) is 25.8 Å². The second-order valence-corrected chi connectivity index (χ2v) is 6.37. The summed E-state index contributed by atoms with van der Waals surface area (Å²) in [6, 6.07) is -0.341. The average Bonchev–Trinajstić information content (AvgIpc) is 2.65. The molecular formula is C14H25N3O3. The van der Waals surface area contributed by atoms with Crippen molar-refractivity contribution in [2.75, 3.05) is 33.7 Å². The second-order valence-electron chi connectivity index (χ2n) is 6.37. The quantitative estimate of drug-likeness (QED) is 0.855. The van der Waals surface area contributed by atoms with Crippen molar-refractivity contribution in [3.8, 4) is 0 Å². The Bertz CT molecular complexity index is 386. The Kier molecular flexibility index (Phi) is 4.52. The fraction of sp³-hybridized carbons (Fsp3) is 0.857. The van der Waals surface area contributed by atoms with Gasteiger partial charge in [-0.15, -0.1) is 0 Å². The first kappa shape index (κ1) is 15.1. The summed E-state index contributed by atoms with van der Waals surface area (Å²) in [7, 11) is 3.88. The highest BCUT2D eigenvalue weighted by Gasteiger charge is 2.49. The number of urea groups is 1. The molecule has 1 saturated heterocycles. The van der Waals surface area contributed by atoms with Crippen molar-refractivity contribution in [2.45, 2.75) is 38.2 Å². The van der Waals surface area contributed by atoms with Gasteiger partial charge in [-0.2, -0.15) is 0 Å². The average molecular weight is 283 g/mol. The first-order valence-electron chi connectivity index (χ1n) is 7.35. The first-order chi connectivity index (χ1) is 9.42. The third-order valence-corrected chi connectivity index (χ3v) is 4.10. The third-order valence-electron chi connectivity index (χ3n) is 4.10. The van der Waals surface area contributed by atoms with Crippen LogP contribution in [-0.4, -0.2) is 61.3 Å². The molecule has 0 bridgehead atoms. The van der Waals surface area contributed by atoms with Crippen LogP contribution in [0.5, 0.6) is 0 Å². The zero-order valence-electron chi connectivity index (χ0n) is 12.6. The summed E-state index contributed by atoms with van der Waals surface area (Å²) in [5.74, 6) is 0.549. The summed E-state index contributed by atoms with van der Waals surface area (Å²) in [6.07, 6.45) is 3.46. The molecule has 2 rings (SSSR count). The molecule has 1 aliphatic carbocycles. The van der Waals surface area contributed by atoms with Crippen LogP contribution >= 0.6 is 0 Å². The van der Waals surface area contributed by atoms with Gasteiger partial charge in [-0.05, 0) is 39.3 Å². The topological polar surface area (TPSA) is 61.9 Å². The fourth-order valence-corrected chi connectivity index (χ4v) is 3.11. The molecule has 1 N–H and O–H groups in total. The van der Waals surface area contributed by atoms with Crippen LogP contribution in [0.3, 0.4) is 0 Å². The van der Waals surface area contributed by atoms with Crippen molar-refractivity contribution in [3.05, 3.63) is 0 Å². The van der Waals surface area contributed by atoms with Crippen molar-refractivity contribution in [2.24, 2.45) is 5.92 Å². The van der Waals surface area contributed by atoms with E-state index in [-0.39, 0.29) is 6.03 Å². The maximum Gasteiger partial charge on any atom is 0.418 e. The number of carbonyl (C=O) groups is 2. The van der Waals surface area contributed by atoms with E-state index in [4.69, 9.17) is 4.74 Å². The fourth-order valence-electron chi connectivity index (χ4n) is 3.11. The minimum atomic E-state index is -0.499. The predicted octanol–water partition coefficient (Wildman–Crippen LogP) is 1.66. The molecule has 3 amide bonds. The molecule has 2 fully saturated rings. The van der Waals surface area contributed by atoms with E-state index < -0.39 is 11.7 Å². The van der Waals surface area contributed by atoms with Crippen molar-refractivity contribution in [1.29, 1.82) is 0 Å². The molecule has 6 nitrogen and oxygen atoms in total. The van der Waals surface area contributed by atoms with Crippen LogP contribution in [0.2, 0.25) is 0 Å². The Morgan fingerprint density at radius 1 is 1.55 bits per heavy atom. The van der Waals surface area contributed by atoms with Gasteiger partial charge in [-0.25, -0.2) is 14.5 Å². The van der Waals surface area contributed by atoms with Gasteiger partial charge in [0.2, 0.25) is 0 Å². The molecule has 6 heteroatoms. The van der Waals surface area contributed by atoms with Gasteiger partial charge < -0.3 is 15.0 Å². The summed E-state index contributed by atoms with van der Waals surface area (Å²) in [5.41, 5.74) is -0.437. The molecule has 114 valence electrons. The van der Waals surface area contributed by atoms with Gasteiger partial charge in [-0.1, -0.05) is 13.3 Å². The Hall–Kier alpha value is -1.30. The molecule has 20 heavy (non-hydrogen) atoms. The summed E-state index contributed by atoms with van der Waals surface area (Å²) in [4.78, 5) is 27.2. The highest BCUT2D eigenvalue weighted by atomic mass is 16.6. The lowest BCUT2D eigenvalue weighted by Crippen LogP contribution is -2.45. The molecule has 2 atom stereocenters. The van der Waals surface area contributed by atoms with Gasteiger partial charge >= 0.3 is 12.1 Å². The van der Waals surface area contributed by atoms with E-state index in [9.17, 15) is 9.59 Å². The number of nitrogens with one attached hydrogen (secondary N) is 1. The van der Waals surface area contributed by atoms with Gasteiger partial charge in [0, 0.05) is 13.1 Å². The van der Waals surface area contributed by atoms with E-state index >= 15 is 0 Å². The van der Waals surface area contributed by atoms with E-state index in [1.165, 1.54) is 11.3 Å². The van der Waals surface area contributed by atoms with Crippen LogP contribution in [0.1, 0.15) is 32.6 Å². The highest BCUT2D eigenvalue weighted by molar-refractivity contribution is 5.92. The highest BCUT2D eigenvalue weighted by Crippen LogP contribution is 2.39. The lowest BCUT2D eigenvalue weighted by molar-refractivity contribution is 0.0102. The number of hydrogen-bond acceptors (Lipinski definition) is 4. The zero-order chi connectivity index (χ0) is 14.8. The van der Waals surface area contributed by atoms with Gasteiger partial charge in [0.15, 0.2) is 0 Å². The largest absolute Gasteiger partial charge is 0.441 e. The van der Waals surface area contributed by atoms with Crippen LogP contribution < -0.4 is 5.32 Å². The summed E-state index contributed by atoms with van der Waals surface area (Å²) in [5, 5.41) is 2.76. The molecule has 1 saturated carbocycles. The summed E-state index contributed by atoms with van der Waals surface area (Å²) in [6.45, 7) is 3.84. The number of nitrogens with zero attached hydrogens (tertiary/aromatic N) is 2. The Morgan fingerprint density at radius 2 is 2.30 bits per heavy atom. The van der Waals surface area contributed by atoms with Crippen LogP contribution in [0, 0.1) is 5.92 Å². The molecule has 0 aromatic rings. The maximum atomic E-state index is 12.0. The molecule has 0 aromatic heterocycles. The summed E-state index contributed by atoms with van der Waals surface area (Å²) >= 11 is 0. The van der Waals surface area contributed by atoms with Crippen molar-refractivity contribution < 1.29 is 14.3 Å². The van der Waals surface area contributed by atoms with E-state index in [2.05, 4.69) is 12.2 Å². The van der Waals surface area contributed by atoms with Gasteiger partial charge in [0.25, 0.3) is 0 Å². The number of carbonyl (C=O) groups excluding carboxylic acids is 2. The minimum Gasteiger partial charge on any atom is -0.441 e. The monoisotopic (exact) mass is 283 g/mol. The normalized spacial score (nSPS) is 29.9. The Morgan fingerprint density at radius 3 is 2.95 bits per heavy atom. The number of amides is 3. The maximum absolute atomic E-state index is 12.0. The molecule has 1 aliphatic heterocycles. The molecular weight excluding hydrogens is 258 g/mol. The van der Waals surface area contributed by atoms with Crippen molar-refractivity contribution in [1.82, 2.24) is 15.1 Å². The minimum absolute atomic E-state index is 0.341. The Balaban J connectivity index is 1.90. The van der Waals surface area contributed by atoms with Crippen molar-refractivity contribution >= 4 is 12.1 Å². The lowest BCUT2D eigenvalue weighted by Gasteiger charge is -2.34. The number of hydrogen-bond donors (Lipinski definition) is 1. The molecule has 1 heterocycles. The van der Waals surface area contributed by atoms with E-state index in [1.54, 1.807) is 0 Å². The predicted molar refractivity (Wildman–Crippen MR) is 75.5 cm³/mol. The van der Waals surface area contributed by atoms with Crippen LogP contribution in [0.25, 0.3) is 0 Å². The molecule has 0 aromatic carbocycles. The van der Waals surface area contributed by atoms with Crippen molar-refractivity contribution in [3.63, 3.8) is 0 Å². The number of likely N-dealkylation sites (N-methyl/N-ethyl adjacent to an activating group) is 1. The van der Waals surface area contributed by atoms with Crippen LogP contribution in [-0.2, 0) is 4.74 Å². The lowest BCUT2D eigenvalue weighted by atomic mass is 9.79. The van der Waals surface area contributed by atoms with Gasteiger partial charge in [0.05, 0.1) is 6.54 Å². The molecule has 0 radical (unpaired) electrons. The summed E-state index contributed by atoms with van der Waals surface area (Å²) < 4.78 is 5.54. The number of imide groups is 1. The van der Waals surface area contributed by atoms with Crippen LogP contribution in [0.15, 0.2) is 0 Å². The zero-order valence-corrected chi connectivity index (χ0v) is 12.6. The standard InChI is InChI=1S/C14H25N3O3/c1-11-5-4-6-14(9-11)10-17(13(19)20-14)12(18)15-7-8-16(2)3/h11H,4-10H2,1-3H3,(H,15,18)/t11-,14?/m0/s1. The number of ether oxygens (including phenoxy) is 1. The van der Waals surface area contributed by atoms with Gasteiger partial charge in [-0.3, -0.25) is 0 Å². The third kappa shape index (κ3) is 3.42. The SMILES string of the molecule is C[C@H]1CCCC2(C1)CN(C(=O)NCCN(C)C)C(=O)O2. The smallest absolute Gasteiger partial charge is 0.418 e. The first-order valence-corrected chi connectivity index (χ1v) is 7.35. The molecule has 1 spiro atoms. The van der Waals surface area contributed by atoms with Crippen LogP contribution in [0.4, 0.5) is 9.59 Å². The van der Waals surface area contributed by atoms with E-state index in [1.807, 2.05) is 19.0 Å². The van der Waals surface area contributed by atoms with Gasteiger partial charge in [0.1, 0.15) is 5.60 Å². The molecule has 1 unspecified atom stereocenters.